The molecule has 0 saturated heterocycles. The van der Waals surface area contributed by atoms with Crippen molar-refractivity contribution < 1.29 is 33.2 Å². The lowest BCUT2D eigenvalue weighted by Crippen LogP contribution is -2.41. The van der Waals surface area contributed by atoms with E-state index in [1.165, 1.54) is 0 Å². The first-order valence-corrected chi connectivity index (χ1v) is 12.9. The summed E-state index contributed by atoms with van der Waals surface area (Å²) in [5, 5.41) is 0. The summed E-state index contributed by atoms with van der Waals surface area (Å²) < 4.78 is 34.2. The van der Waals surface area contributed by atoms with Gasteiger partial charge in [-0.25, -0.2) is 0 Å². The molecule has 0 saturated carbocycles. The number of hydrogen-bond acceptors (Lipinski definition) is 8. The summed E-state index contributed by atoms with van der Waals surface area (Å²) in [7, 11) is 8.53. The number of rotatable bonds is 7. The fourth-order valence-electron chi connectivity index (χ4n) is 6.15. The highest BCUT2D eigenvalue weighted by Crippen LogP contribution is 2.56. The molecule has 3 aliphatic rings. The van der Waals surface area contributed by atoms with Crippen LogP contribution in [-0.4, -0.2) is 64.5 Å². The number of amides is 1. The molecule has 3 heterocycles. The second-order valence-corrected chi connectivity index (χ2v) is 9.88. The van der Waals surface area contributed by atoms with E-state index in [-0.39, 0.29) is 24.8 Å². The lowest BCUT2D eigenvalue weighted by Gasteiger charge is -2.42. The highest BCUT2D eigenvalue weighted by atomic mass is 16.7. The summed E-state index contributed by atoms with van der Waals surface area (Å²) in [6.07, 6.45) is 0.827. The van der Waals surface area contributed by atoms with Crippen LogP contribution in [0.3, 0.4) is 0 Å². The molecule has 0 spiro atoms. The molecule has 2 unspecified atom stereocenters. The van der Waals surface area contributed by atoms with Crippen molar-refractivity contribution in [3.8, 4) is 34.5 Å². The maximum atomic E-state index is 14.3. The topological polar surface area (TPSA) is 78.9 Å². The molecule has 0 aromatic heterocycles. The molecule has 3 aromatic carbocycles. The first-order valence-electron chi connectivity index (χ1n) is 12.9. The van der Waals surface area contributed by atoms with Gasteiger partial charge in [-0.3, -0.25) is 9.69 Å². The first kappa shape index (κ1) is 25.2. The van der Waals surface area contributed by atoms with Gasteiger partial charge in [0.25, 0.3) is 5.91 Å². The van der Waals surface area contributed by atoms with Crippen LogP contribution in [0.5, 0.6) is 34.5 Å². The Bertz CT molecular complexity index is 1420. The zero-order valence-corrected chi connectivity index (χ0v) is 22.8. The third kappa shape index (κ3) is 3.91. The van der Waals surface area contributed by atoms with E-state index in [0.29, 0.717) is 40.9 Å². The molecule has 6 rings (SSSR count). The van der Waals surface area contributed by atoms with E-state index in [1.54, 1.807) is 28.4 Å². The van der Waals surface area contributed by atoms with E-state index in [2.05, 4.69) is 18.0 Å². The Balaban J connectivity index is 1.54. The van der Waals surface area contributed by atoms with Crippen molar-refractivity contribution in [2.24, 2.45) is 0 Å². The summed E-state index contributed by atoms with van der Waals surface area (Å²) >= 11 is 0. The number of fused-ring (bicyclic) bond motifs is 3. The number of carbonyl (C=O) groups excluding carboxylic acids is 1. The Kier molecular flexibility index (Phi) is 6.38. The molecule has 0 aliphatic carbocycles. The molecule has 0 radical (unpaired) electrons. The van der Waals surface area contributed by atoms with Crippen molar-refractivity contribution in [1.29, 1.82) is 0 Å². The predicted molar refractivity (Wildman–Crippen MR) is 143 cm³/mol. The zero-order chi connectivity index (χ0) is 27.3. The van der Waals surface area contributed by atoms with E-state index in [1.807, 2.05) is 41.3 Å². The molecule has 2 atom stereocenters. The van der Waals surface area contributed by atoms with Gasteiger partial charge in [-0.15, -0.1) is 0 Å². The second kappa shape index (κ2) is 9.89. The number of nitrogens with zero attached hydrogens (tertiary/aromatic N) is 2. The first-order chi connectivity index (χ1) is 19.0. The van der Waals surface area contributed by atoms with Crippen LogP contribution in [0, 0.1) is 0 Å². The Morgan fingerprint density at radius 3 is 2.36 bits per heavy atom. The predicted octanol–water partition coefficient (Wildman–Crippen LogP) is 4.38. The SMILES string of the molecule is COc1ccc(CN2C(=O)c3c(ccc(OC)c3OC)C2C2c3c(cc4c(c3OC)OCO4)CCN2C)cc1. The smallest absolute Gasteiger partial charge is 0.259 e. The van der Waals surface area contributed by atoms with Gasteiger partial charge in [0.15, 0.2) is 23.0 Å². The average Bonchev–Trinajstić information content (AvgIpc) is 3.54. The van der Waals surface area contributed by atoms with Crippen LogP contribution < -0.4 is 28.4 Å². The van der Waals surface area contributed by atoms with Crippen LogP contribution >= 0.6 is 0 Å². The molecule has 39 heavy (non-hydrogen) atoms. The van der Waals surface area contributed by atoms with E-state index in [9.17, 15) is 4.79 Å². The average molecular weight is 533 g/mol. The maximum absolute atomic E-state index is 14.3. The molecular weight excluding hydrogens is 500 g/mol. The van der Waals surface area contributed by atoms with Gasteiger partial charge in [0.1, 0.15) is 5.75 Å². The molecule has 1 amide bonds. The van der Waals surface area contributed by atoms with Crippen LogP contribution in [-0.2, 0) is 13.0 Å². The number of benzene rings is 3. The Hall–Kier alpha value is -4.11. The largest absolute Gasteiger partial charge is 0.497 e. The van der Waals surface area contributed by atoms with E-state index < -0.39 is 0 Å². The van der Waals surface area contributed by atoms with E-state index >= 15 is 0 Å². The van der Waals surface area contributed by atoms with Crippen LogP contribution in [0.15, 0.2) is 42.5 Å². The van der Waals surface area contributed by atoms with Crippen LogP contribution in [0.4, 0.5) is 0 Å². The Morgan fingerprint density at radius 2 is 1.67 bits per heavy atom. The van der Waals surface area contributed by atoms with E-state index in [4.69, 9.17) is 28.4 Å². The van der Waals surface area contributed by atoms with Crippen molar-refractivity contribution >= 4 is 5.91 Å². The summed E-state index contributed by atoms with van der Waals surface area (Å²) in [4.78, 5) is 18.5. The van der Waals surface area contributed by atoms with Gasteiger partial charge in [-0.2, -0.15) is 0 Å². The van der Waals surface area contributed by atoms with Gasteiger partial charge >= 0.3 is 0 Å². The summed E-state index contributed by atoms with van der Waals surface area (Å²) in [6, 6.07) is 13.2. The van der Waals surface area contributed by atoms with Crippen molar-refractivity contribution in [2.45, 2.75) is 25.0 Å². The minimum Gasteiger partial charge on any atom is -0.497 e. The highest BCUT2D eigenvalue weighted by Gasteiger charge is 2.48. The van der Waals surface area contributed by atoms with Crippen LogP contribution in [0.1, 0.15) is 44.7 Å². The molecule has 3 aromatic rings. The molecular formula is C30H32N2O7. The summed E-state index contributed by atoms with van der Waals surface area (Å²) in [5.41, 5.74) is 4.54. The number of methoxy groups -OCH3 is 4. The van der Waals surface area contributed by atoms with Crippen LogP contribution in [0.2, 0.25) is 0 Å². The Labute approximate surface area is 227 Å². The lowest BCUT2D eigenvalue weighted by molar-refractivity contribution is 0.0547. The Morgan fingerprint density at radius 1 is 0.897 bits per heavy atom. The van der Waals surface area contributed by atoms with Gasteiger partial charge in [-0.1, -0.05) is 18.2 Å². The molecule has 9 nitrogen and oxygen atoms in total. The third-order valence-electron chi connectivity index (χ3n) is 7.97. The van der Waals surface area contributed by atoms with Crippen molar-refractivity contribution in [3.05, 3.63) is 70.3 Å². The monoisotopic (exact) mass is 532 g/mol. The fraction of sp³-hybridized carbons (Fsp3) is 0.367. The minimum atomic E-state index is -0.326. The van der Waals surface area contributed by atoms with Gasteiger partial charge in [0, 0.05) is 18.7 Å². The maximum Gasteiger partial charge on any atom is 0.259 e. The van der Waals surface area contributed by atoms with Gasteiger partial charge < -0.3 is 33.3 Å². The highest BCUT2D eigenvalue weighted by molar-refractivity contribution is 6.03. The minimum absolute atomic E-state index is 0.109. The molecule has 3 aliphatic heterocycles. The number of likely N-dealkylation sites (N-methyl/N-ethyl adjacent to an activating group) is 1. The molecule has 0 N–H and O–H groups in total. The van der Waals surface area contributed by atoms with Gasteiger partial charge in [-0.05, 0) is 54.4 Å². The third-order valence-corrected chi connectivity index (χ3v) is 7.97. The summed E-state index contributed by atoms with van der Waals surface area (Å²) in [5.74, 6) is 3.57. The summed E-state index contributed by atoms with van der Waals surface area (Å²) in [6.45, 7) is 1.37. The van der Waals surface area contributed by atoms with Crippen molar-refractivity contribution in [2.75, 3.05) is 48.8 Å². The normalized spacial score (nSPS) is 19.5. The standard InChI is InChI=1S/C30H32N2O7/c1-31-13-12-18-14-22-28(39-16-38-22)29(37-5)23(18)26(31)25-20-10-11-21(35-3)27(36-4)24(20)30(33)32(25)15-17-6-8-19(34-2)9-7-17/h6-11,14,25-26H,12-13,15-16H2,1-5H3. The number of hydrogen-bond donors (Lipinski definition) is 0. The zero-order valence-electron chi connectivity index (χ0n) is 22.8. The second-order valence-electron chi connectivity index (χ2n) is 9.88. The number of ether oxygens (including phenoxy) is 6. The van der Waals surface area contributed by atoms with Crippen molar-refractivity contribution in [3.63, 3.8) is 0 Å². The molecule has 204 valence electrons. The van der Waals surface area contributed by atoms with Gasteiger partial charge in [0.2, 0.25) is 12.5 Å². The molecule has 0 fully saturated rings. The van der Waals surface area contributed by atoms with Gasteiger partial charge in [0.05, 0.1) is 46.1 Å². The fourth-order valence-corrected chi connectivity index (χ4v) is 6.15. The number of carbonyl (C=O) groups is 1. The molecule has 0 bridgehead atoms. The van der Waals surface area contributed by atoms with Crippen molar-refractivity contribution in [1.82, 2.24) is 9.80 Å². The van der Waals surface area contributed by atoms with E-state index in [0.717, 1.165) is 41.0 Å². The lowest BCUT2D eigenvalue weighted by atomic mass is 9.84. The quantitative estimate of drug-likeness (QED) is 0.444. The van der Waals surface area contributed by atoms with Crippen LogP contribution in [0.25, 0.3) is 0 Å². The molecule has 9 heteroatoms.